The SMILES string of the molecule is CCCNCc1cc(OCc2nc(C)no2)ccc1Br. The first-order valence-electron chi connectivity index (χ1n) is 6.60. The van der Waals surface area contributed by atoms with Crippen LogP contribution in [0.2, 0.25) is 0 Å². The van der Waals surface area contributed by atoms with Gasteiger partial charge in [0.2, 0.25) is 0 Å². The van der Waals surface area contributed by atoms with Gasteiger partial charge in [-0.3, -0.25) is 0 Å². The first-order chi connectivity index (χ1) is 9.69. The van der Waals surface area contributed by atoms with Gasteiger partial charge in [-0.05, 0) is 43.7 Å². The highest BCUT2D eigenvalue weighted by molar-refractivity contribution is 9.10. The quantitative estimate of drug-likeness (QED) is 0.784. The first kappa shape index (κ1) is 15.0. The van der Waals surface area contributed by atoms with E-state index >= 15 is 0 Å². The van der Waals surface area contributed by atoms with Gasteiger partial charge in [-0.15, -0.1) is 0 Å². The zero-order chi connectivity index (χ0) is 14.4. The van der Waals surface area contributed by atoms with E-state index in [2.05, 4.69) is 38.3 Å². The molecule has 5 nitrogen and oxygen atoms in total. The average molecular weight is 340 g/mol. The second-order valence-corrected chi connectivity index (χ2v) is 5.31. The van der Waals surface area contributed by atoms with Crippen LogP contribution in [0.5, 0.6) is 5.75 Å². The molecule has 1 aromatic heterocycles. The lowest BCUT2D eigenvalue weighted by atomic mass is 10.2. The van der Waals surface area contributed by atoms with E-state index in [4.69, 9.17) is 9.26 Å². The molecule has 0 atom stereocenters. The number of hydrogen-bond donors (Lipinski definition) is 1. The molecule has 0 amide bonds. The Hall–Kier alpha value is -1.40. The van der Waals surface area contributed by atoms with Crippen molar-refractivity contribution in [2.75, 3.05) is 6.54 Å². The van der Waals surface area contributed by atoms with Gasteiger partial charge in [-0.2, -0.15) is 4.98 Å². The van der Waals surface area contributed by atoms with E-state index in [9.17, 15) is 0 Å². The van der Waals surface area contributed by atoms with Crippen LogP contribution >= 0.6 is 15.9 Å². The molecule has 1 N–H and O–H groups in total. The third-order valence-corrected chi connectivity index (χ3v) is 3.46. The summed E-state index contributed by atoms with van der Waals surface area (Å²) in [6.45, 7) is 6.02. The molecular weight excluding hydrogens is 322 g/mol. The molecule has 0 saturated carbocycles. The van der Waals surface area contributed by atoms with Crippen LogP contribution in [-0.4, -0.2) is 16.7 Å². The van der Waals surface area contributed by atoms with E-state index in [1.54, 1.807) is 6.92 Å². The maximum atomic E-state index is 5.66. The Morgan fingerprint density at radius 2 is 2.25 bits per heavy atom. The standard InChI is InChI=1S/C14H18BrN3O2/c1-3-6-16-8-11-7-12(4-5-13(11)15)19-9-14-17-10(2)18-20-14/h4-5,7,16H,3,6,8-9H2,1-2H3. The number of ether oxygens (including phenoxy) is 1. The van der Waals surface area contributed by atoms with Gasteiger partial charge in [-0.25, -0.2) is 0 Å². The molecule has 108 valence electrons. The number of benzene rings is 1. The summed E-state index contributed by atoms with van der Waals surface area (Å²) in [4.78, 5) is 4.10. The van der Waals surface area contributed by atoms with Gasteiger partial charge in [0, 0.05) is 11.0 Å². The summed E-state index contributed by atoms with van der Waals surface area (Å²) >= 11 is 3.55. The minimum Gasteiger partial charge on any atom is -0.484 e. The van der Waals surface area contributed by atoms with Gasteiger partial charge in [0.25, 0.3) is 5.89 Å². The van der Waals surface area contributed by atoms with Crippen molar-refractivity contribution in [3.63, 3.8) is 0 Å². The highest BCUT2D eigenvalue weighted by Gasteiger charge is 2.06. The van der Waals surface area contributed by atoms with Crippen molar-refractivity contribution < 1.29 is 9.26 Å². The van der Waals surface area contributed by atoms with Crippen molar-refractivity contribution in [1.29, 1.82) is 0 Å². The monoisotopic (exact) mass is 339 g/mol. The summed E-state index contributed by atoms with van der Waals surface area (Å²) in [5, 5.41) is 7.10. The Balaban J connectivity index is 1.95. The van der Waals surface area contributed by atoms with Crippen molar-refractivity contribution >= 4 is 15.9 Å². The normalized spacial score (nSPS) is 10.8. The largest absolute Gasteiger partial charge is 0.484 e. The molecule has 0 aliphatic heterocycles. The molecule has 0 spiro atoms. The van der Waals surface area contributed by atoms with Gasteiger partial charge < -0.3 is 14.6 Å². The van der Waals surface area contributed by atoms with Gasteiger partial charge in [0.05, 0.1) is 0 Å². The van der Waals surface area contributed by atoms with Crippen LogP contribution in [0.1, 0.15) is 30.6 Å². The van der Waals surface area contributed by atoms with Gasteiger partial charge in [0.1, 0.15) is 5.75 Å². The molecule has 0 unspecified atom stereocenters. The van der Waals surface area contributed by atoms with E-state index in [-0.39, 0.29) is 6.61 Å². The first-order valence-corrected chi connectivity index (χ1v) is 7.39. The smallest absolute Gasteiger partial charge is 0.264 e. The fourth-order valence-electron chi connectivity index (χ4n) is 1.72. The third kappa shape index (κ3) is 4.31. The summed E-state index contributed by atoms with van der Waals surface area (Å²) < 4.78 is 11.7. The number of rotatable bonds is 7. The van der Waals surface area contributed by atoms with E-state index in [0.717, 1.165) is 35.3 Å². The molecule has 1 heterocycles. The Morgan fingerprint density at radius 1 is 1.40 bits per heavy atom. The summed E-state index contributed by atoms with van der Waals surface area (Å²) in [5.41, 5.74) is 1.16. The zero-order valence-corrected chi connectivity index (χ0v) is 13.2. The molecular formula is C14H18BrN3O2. The molecule has 0 fully saturated rings. The fourth-order valence-corrected chi connectivity index (χ4v) is 2.11. The van der Waals surface area contributed by atoms with E-state index in [0.29, 0.717) is 11.7 Å². The molecule has 2 rings (SSSR count). The number of nitrogens with zero attached hydrogens (tertiary/aromatic N) is 2. The highest BCUT2D eigenvalue weighted by atomic mass is 79.9. The van der Waals surface area contributed by atoms with Crippen LogP contribution in [0.25, 0.3) is 0 Å². The summed E-state index contributed by atoms with van der Waals surface area (Å²) in [7, 11) is 0. The van der Waals surface area contributed by atoms with Crippen LogP contribution in [0.4, 0.5) is 0 Å². The molecule has 2 aromatic rings. The lowest BCUT2D eigenvalue weighted by Gasteiger charge is -2.09. The van der Waals surface area contributed by atoms with Crippen molar-refractivity contribution in [3.8, 4) is 5.75 Å². The van der Waals surface area contributed by atoms with Crippen LogP contribution < -0.4 is 10.1 Å². The van der Waals surface area contributed by atoms with Crippen molar-refractivity contribution in [3.05, 3.63) is 40.0 Å². The minimum absolute atomic E-state index is 0.282. The summed E-state index contributed by atoms with van der Waals surface area (Å²) in [5.74, 6) is 1.89. The molecule has 0 aliphatic rings. The second-order valence-electron chi connectivity index (χ2n) is 4.45. The second kappa shape index (κ2) is 7.40. The lowest BCUT2D eigenvalue weighted by molar-refractivity contribution is 0.242. The maximum absolute atomic E-state index is 5.66. The maximum Gasteiger partial charge on any atom is 0.264 e. The molecule has 1 aromatic carbocycles. The van der Waals surface area contributed by atoms with E-state index < -0.39 is 0 Å². The fraction of sp³-hybridized carbons (Fsp3) is 0.429. The Kier molecular flexibility index (Phi) is 5.55. The summed E-state index contributed by atoms with van der Waals surface area (Å²) in [6.07, 6.45) is 1.12. The number of nitrogens with one attached hydrogen (secondary N) is 1. The van der Waals surface area contributed by atoms with Crippen molar-refractivity contribution in [2.24, 2.45) is 0 Å². The number of aromatic nitrogens is 2. The number of hydrogen-bond acceptors (Lipinski definition) is 5. The molecule has 0 bridgehead atoms. The predicted molar refractivity (Wildman–Crippen MR) is 79.5 cm³/mol. The van der Waals surface area contributed by atoms with Crippen molar-refractivity contribution in [2.45, 2.75) is 33.4 Å². The zero-order valence-electron chi connectivity index (χ0n) is 11.6. The predicted octanol–water partition coefficient (Wildman–Crippen LogP) is 3.22. The van der Waals surface area contributed by atoms with Gasteiger partial charge in [-0.1, -0.05) is 28.0 Å². The Morgan fingerprint density at radius 3 is 2.95 bits per heavy atom. The molecule has 20 heavy (non-hydrogen) atoms. The Labute approximate surface area is 126 Å². The number of aryl methyl sites for hydroxylation is 1. The topological polar surface area (TPSA) is 60.2 Å². The molecule has 6 heteroatoms. The van der Waals surface area contributed by atoms with Crippen LogP contribution in [-0.2, 0) is 13.2 Å². The van der Waals surface area contributed by atoms with Gasteiger partial charge >= 0.3 is 0 Å². The Bertz CT molecular complexity index is 557. The van der Waals surface area contributed by atoms with E-state index in [1.807, 2.05) is 18.2 Å². The van der Waals surface area contributed by atoms with Crippen LogP contribution in [0.15, 0.2) is 27.2 Å². The molecule has 0 radical (unpaired) electrons. The molecule has 0 saturated heterocycles. The molecule has 0 aliphatic carbocycles. The third-order valence-electron chi connectivity index (χ3n) is 2.69. The summed E-state index contributed by atoms with van der Waals surface area (Å²) in [6, 6.07) is 5.91. The van der Waals surface area contributed by atoms with Crippen molar-refractivity contribution in [1.82, 2.24) is 15.5 Å². The number of halogens is 1. The average Bonchev–Trinajstić information content (AvgIpc) is 2.85. The van der Waals surface area contributed by atoms with E-state index in [1.165, 1.54) is 0 Å². The van der Waals surface area contributed by atoms with Crippen LogP contribution in [0.3, 0.4) is 0 Å². The lowest BCUT2D eigenvalue weighted by Crippen LogP contribution is -2.14. The van der Waals surface area contributed by atoms with Gasteiger partial charge in [0.15, 0.2) is 12.4 Å². The minimum atomic E-state index is 0.282. The van der Waals surface area contributed by atoms with Crippen LogP contribution in [0, 0.1) is 6.92 Å². The highest BCUT2D eigenvalue weighted by Crippen LogP contribution is 2.23.